The molecule has 3 heterocycles. The maximum absolute atomic E-state index is 14.2. The lowest BCUT2D eigenvalue weighted by molar-refractivity contribution is -0.130. The molecule has 0 spiro atoms. The molecule has 2 amide bonds. The molecule has 2 atom stereocenters. The highest BCUT2D eigenvalue weighted by molar-refractivity contribution is 9.10. The third-order valence-electron chi connectivity index (χ3n) is 6.52. The van der Waals surface area contributed by atoms with Gasteiger partial charge < -0.3 is 14.8 Å². The van der Waals surface area contributed by atoms with Gasteiger partial charge in [-0.25, -0.2) is 4.39 Å². The Bertz CT molecular complexity index is 1400. The van der Waals surface area contributed by atoms with Gasteiger partial charge in [0.25, 0.3) is 17.4 Å². The molecule has 0 aliphatic carbocycles. The molecule has 0 radical (unpaired) electrons. The van der Waals surface area contributed by atoms with Crippen LogP contribution in [0, 0.1) is 11.7 Å². The number of aromatic nitrogens is 1. The molecule has 1 saturated heterocycles. The second-order valence-electron chi connectivity index (χ2n) is 8.96. The zero-order chi connectivity index (χ0) is 24.5. The molecule has 1 aromatic heterocycles. The van der Waals surface area contributed by atoms with Crippen molar-refractivity contribution in [3.63, 3.8) is 0 Å². The predicted octanol–water partition coefficient (Wildman–Crippen LogP) is 4.17. The highest BCUT2D eigenvalue weighted by atomic mass is 79.9. The van der Waals surface area contributed by atoms with E-state index in [9.17, 15) is 18.8 Å². The number of likely N-dealkylation sites (tertiary alicyclic amines) is 1. The van der Waals surface area contributed by atoms with Crippen molar-refractivity contribution in [1.29, 1.82) is 0 Å². The van der Waals surface area contributed by atoms with Crippen molar-refractivity contribution >= 4 is 33.8 Å². The average Bonchev–Trinajstić information content (AvgIpc) is 2.84. The molecule has 0 saturated carbocycles. The summed E-state index contributed by atoms with van der Waals surface area (Å²) in [5, 5.41) is 2.65. The van der Waals surface area contributed by atoms with Crippen molar-refractivity contribution in [2.75, 3.05) is 13.1 Å². The van der Waals surface area contributed by atoms with E-state index in [1.54, 1.807) is 33.7 Å². The highest BCUT2D eigenvalue weighted by Gasteiger charge is 2.37. The van der Waals surface area contributed by atoms with E-state index in [4.69, 9.17) is 0 Å². The van der Waals surface area contributed by atoms with Crippen molar-refractivity contribution in [2.45, 2.75) is 18.9 Å². The van der Waals surface area contributed by atoms with Crippen molar-refractivity contribution < 1.29 is 14.0 Å². The quantitative estimate of drug-likeness (QED) is 0.509. The third kappa shape index (κ3) is 4.84. The Hall–Kier alpha value is -3.52. The van der Waals surface area contributed by atoms with Gasteiger partial charge in [0.1, 0.15) is 11.5 Å². The SMILES string of the molecule is O=C(N/C(=C\c1cccc(Br)c1)C(=O)N1C[C@H]2C[C@@H](C1)c1cccc(=O)n1C2)c1ccccc1F. The van der Waals surface area contributed by atoms with E-state index in [0.29, 0.717) is 25.2 Å². The Morgan fingerprint density at radius 2 is 1.80 bits per heavy atom. The third-order valence-corrected chi connectivity index (χ3v) is 7.02. The van der Waals surface area contributed by atoms with Gasteiger partial charge in [0.15, 0.2) is 0 Å². The molecular formula is C27H23BrFN3O3. The number of hydrogen-bond donors (Lipinski definition) is 1. The number of piperidine rings is 1. The normalized spacial score (nSPS) is 19.1. The number of amides is 2. The first-order valence-corrected chi connectivity index (χ1v) is 12.2. The van der Waals surface area contributed by atoms with Crippen LogP contribution in [0.1, 0.15) is 34.0 Å². The molecular weight excluding hydrogens is 513 g/mol. The second-order valence-corrected chi connectivity index (χ2v) is 9.87. The van der Waals surface area contributed by atoms with Gasteiger partial charge in [0, 0.05) is 41.8 Å². The van der Waals surface area contributed by atoms with Gasteiger partial charge in [-0.3, -0.25) is 14.4 Å². The summed E-state index contributed by atoms with van der Waals surface area (Å²) < 4.78 is 16.9. The number of benzene rings is 2. The fourth-order valence-corrected chi connectivity index (χ4v) is 5.40. The number of rotatable bonds is 4. The van der Waals surface area contributed by atoms with Crippen LogP contribution in [-0.2, 0) is 11.3 Å². The number of nitrogens with zero attached hydrogens (tertiary/aromatic N) is 2. The molecule has 3 aromatic rings. The Morgan fingerprint density at radius 1 is 1.00 bits per heavy atom. The lowest BCUT2D eigenvalue weighted by atomic mass is 9.83. The van der Waals surface area contributed by atoms with Gasteiger partial charge >= 0.3 is 0 Å². The Balaban J connectivity index is 1.46. The number of hydrogen-bond acceptors (Lipinski definition) is 3. The number of fused-ring (bicyclic) bond motifs is 4. The first-order valence-electron chi connectivity index (χ1n) is 11.4. The lowest BCUT2D eigenvalue weighted by Crippen LogP contribution is -2.50. The van der Waals surface area contributed by atoms with Gasteiger partial charge in [0.05, 0.1) is 5.56 Å². The standard InChI is InChI=1S/C27H23BrFN3O3/c28-20-6-3-5-17(12-20)13-23(30-26(34)21-7-1-2-8-22(21)29)27(35)31-14-18-11-19(16-31)24-9-4-10-25(33)32(24)15-18/h1-10,12-13,18-19H,11,14-16H2,(H,30,34)/b23-13-/t18-,19+/m1/s1. The average molecular weight is 536 g/mol. The highest BCUT2D eigenvalue weighted by Crippen LogP contribution is 2.35. The van der Waals surface area contributed by atoms with Gasteiger partial charge in [-0.05, 0) is 54.3 Å². The lowest BCUT2D eigenvalue weighted by Gasteiger charge is -2.43. The van der Waals surface area contributed by atoms with Gasteiger partial charge in [-0.1, -0.05) is 46.3 Å². The summed E-state index contributed by atoms with van der Waals surface area (Å²) in [5.74, 6) is -1.51. The molecule has 0 unspecified atom stereocenters. The van der Waals surface area contributed by atoms with E-state index in [1.165, 1.54) is 18.2 Å². The summed E-state index contributed by atoms with van der Waals surface area (Å²) in [6, 6.07) is 18.3. The molecule has 8 heteroatoms. The molecule has 5 rings (SSSR count). The van der Waals surface area contributed by atoms with Crippen molar-refractivity contribution in [3.05, 3.63) is 110 Å². The minimum atomic E-state index is -0.688. The summed E-state index contributed by atoms with van der Waals surface area (Å²) in [4.78, 5) is 40.7. The van der Waals surface area contributed by atoms with E-state index >= 15 is 0 Å². The Kier molecular flexibility index (Phi) is 6.38. The van der Waals surface area contributed by atoms with E-state index in [0.717, 1.165) is 16.6 Å². The zero-order valence-corrected chi connectivity index (χ0v) is 20.4. The Morgan fingerprint density at radius 3 is 2.60 bits per heavy atom. The van der Waals surface area contributed by atoms with Crippen LogP contribution < -0.4 is 10.9 Å². The first kappa shape index (κ1) is 23.2. The maximum Gasteiger partial charge on any atom is 0.270 e. The summed E-state index contributed by atoms with van der Waals surface area (Å²) >= 11 is 3.43. The fraction of sp³-hybridized carbons (Fsp3) is 0.222. The molecule has 35 heavy (non-hydrogen) atoms. The van der Waals surface area contributed by atoms with E-state index in [2.05, 4.69) is 21.2 Å². The fourth-order valence-electron chi connectivity index (χ4n) is 4.98. The molecule has 2 bridgehead atoms. The number of nitrogens with one attached hydrogen (secondary N) is 1. The molecule has 2 aliphatic heterocycles. The number of pyridine rings is 1. The van der Waals surface area contributed by atoms with Gasteiger partial charge in [-0.2, -0.15) is 0 Å². The summed E-state index contributed by atoms with van der Waals surface area (Å²) in [7, 11) is 0. The molecule has 178 valence electrons. The van der Waals surface area contributed by atoms with Crippen LogP contribution in [0.4, 0.5) is 4.39 Å². The largest absolute Gasteiger partial charge is 0.336 e. The van der Waals surface area contributed by atoms with Crippen molar-refractivity contribution in [1.82, 2.24) is 14.8 Å². The summed E-state index contributed by atoms with van der Waals surface area (Å²) in [5.41, 5.74) is 1.56. The molecule has 6 nitrogen and oxygen atoms in total. The van der Waals surface area contributed by atoms with Crippen LogP contribution >= 0.6 is 15.9 Å². The molecule has 1 fully saturated rings. The second kappa shape index (κ2) is 9.62. The van der Waals surface area contributed by atoms with Crippen LogP contribution in [0.2, 0.25) is 0 Å². The van der Waals surface area contributed by atoms with Crippen LogP contribution in [0.5, 0.6) is 0 Å². The number of halogens is 2. The van der Waals surface area contributed by atoms with Crippen LogP contribution in [0.3, 0.4) is 0 Å². The van der Waals surface area contributed by atoms with E-state index < -0.39 is 11.7 Å². The van der Waals surface area contributed by atoms with E-state index in [1.807, 2.05) is 30.3 Å². The molecule has 2 aliphatic rings. The van der Waals surface area contributed by atoms with Gasteiger partial charge in [-0.15, -0.1) is 0 Å². The van der Waals surface area contributed by atoms with Crippen LogP contribution in [-0.4, -0.2) is 34.4 Å². The topological polar surface area (TPSA) is 71.4 Å². The predicted molar refractivity (Wildman–Crippen MR) is 134 cm³/mol. The monoisotopic (exact) mass is 535 g/mol. The Labute approximate surface area is 210 Å². The minimum absolute atomic E-state index is 0.0237. The smallest absolute Gasteiger partial charge is 0.270 e. The zero-order valence-electron chi connectivity index (χ0n) is 18.8. The van der Waals surface area contributed by atoms with Crippen molar-refractivity contribution in [2.24, 2.45) is 5.92 Å². The first-order chi connectivity index (χ1) is 16.9. The summed E-state index contributed by atoms with van der Waals surface area (Å²) in [6.45, 7) is 1.47. The molecule has 1 N–H and O–H groups in total. The number of carbonyl (C=O) groups is 2. The van der Waals surface area contributed by atoms with Crippen molar-refractivity contribution in [3.8, 4) is 0 Å². The van der Waals surface area contributed by atoms with Crippen LogP contribution in [0.25, 0.3) is 6.08 Å². The van der Waals surface area contributed by atoms with Crippen LogP contribution in [0.15, 0.2) is 81.7 Å². The molecule has 2 aromatic carbocycles. The number of carbonyl (C=O) groups excluding carboxylic acids is 2. The maximum atomic E-state index is 14.2. The minimum Gasteiger partial charge on any atom is -0.336 e. The van der Waals surface area contributed by atoms with Gasteiger partial charge in [0.2, 0.25) is 0 Å². The summed E-state index contributed by atoms with van der Waals surface area (Å²) in [6.07, 6.45) is 2.51. The van der Waals surface area contributed by atoms with E-state index in [-0.39, 0.29) is 34.6 Å².